The fourth-order valence-corrected chi connectivity index (χ4v) is 1.72. The molecule has 0 saturated carbocycles. The summed E-state index contributed by atoms with van der Waals surface area (Å²) in [5.74, 6) is 0.410. The monoisotopic (exact) mass is 212 g/mol. The predicted molar refractivity (Wildman–Crippen MR) is 63.7 cm³/mol. The summed E-state index contributed by atoms with van der Waals surface area (Å²) in [5.41, 5.74) is 0. The van der Waals surface area contributed by atoms with Gasteiger partial charge in [-0.2, -0.15) is 0 Å². The van der Waals surface area contributed by atoms with Crippen LogP contribution in [0.25, 0.3) is 0 Å². The lowest BCUT2D eigenvalue weighted by atomic mass is 9.94. The van der Waals surface area contributed by atoms with E-state index in [2.05, 4.69) is 20.4 Å². The first kappa shape index (κ1) is 14.2. The van der Waals surface area contributed by atoms with Gasteiger partial charge >= 0.3 is 5.97 Å². The van der Waals surface area contributed by atoms with Crippen molar-refractivity contribution in [2.24, 2.45) is 5.92 Å². The summed E-state index contributed by atoms with van der Waals surface area (Å²) in [5, 5.41) is 0. The van der Waals surface area contributed by atoms with E-state index < -0.39 is 0 Å². The fourth-order valence-electron chi connectivity index (χ4n) is 1.72. The second-order valence-corrected chi connectivity index (χ2v) is 3.96. The van der Waals surface area contributed by atoms with Crippen molar-refractivity contribution < 1.29 is 9.53 Å². The number of hydrogen-bond donors (Lipinski definition) is 0. The highest BCUT2D eigenvalue weighted by Gasteiger charge is 2.07. The second kappa shape index (κ2) is 9.75. The van der Waals surface area contributed by atoms with Gasteiger partial charge in [-0.05, 0) is 12.3 Å². The van der Waals surface area contributed by atoms with E-state index in [1.807, 2.05) is 0 Å². The van der Waals surface area contributed by atoms with E-state index in [9.17, 15) is 4.79 Å². The predicted octanol–water partition coefficient (Wildman–Crippen LogP) is 3.71. The Morgan fingerprint density at radius 1 is 1.27 bits per heavy atom. The zero-order valence-corrected chi connectivity index (χ0v) is 10.1. The molecule has 0 aromatic rings. The number of rotatable bonds is 9. The standard InChI is InChI=1S/C13H24O2/c1-4-7-9-12(8-5-2)10-11-15-13(14)6-3/h6,12H,3-5,7-11H2,1-2H3. The number of unbranched alkanes of at least 4 members (excludes halogenated alkanes) is 1. The second-order valence-electron chi connectivity index (χ2n) is 3.96. The first-order valence-corrected chi connectivity index (χ1v) is 6.03. The van der Waals surface area contributed by atoms with Crippen molar-refractivity contribution in [2.75, 3.05) is 6.61 Å². The molecule has 0 aromatic carbocycles. The number of esters is 1. The first-order chi connectivity index (χ1) is 7.24. The molecule has 0 N–H and O–H groups in total. The Labute approximate surface area is 93.7 Å². The molecule has 0 aliphatic heterocycles. The minimum Gasteiger partial charge on any atom is -0.463 e. The van der Waals surface area contributed by atoms with Gasteiger partial charge in [-0.15, -0.1) is 0 Å². The molecule has 1 unspecified atom stereocenters. The minimum absolute atomic E-state index is 0.305. The van der Waals surface area contributed by atoms with Gasteiger partial charge in [0.2, 0.25) is 0 Å². The summed E-state index contributed by atoms with van der Waals surface area (Å²) in [4.78, 5) is 10.8. The van der Waals surface area contributed by atoms with E-state index in [0.29, 0.717) is 12.5 Å². The molecule has 0 saturated heterocycles. The van der Waals surface area contributed by atoms with E-state index >= 15 is 0 Å². The third-order valence-corrected chi connectivity index (χ3v) is 2.60. The van der Waals surface area contributed by atoms with Gasteiger partial charge in [0, 0.05) is 6.08 Å². The van der Waals surface area contributed by atoms with Crippen LogP contribution < -0.4 is 0 Å². The third-order valence-electron chi connectivity index (χ3n) is 2.60. The lowest BCUT2D eigenvalue weighted by Crippen LogP contribution is -2.08. The molecule has 0 spiro atoms. The molecule has 0 bridgehead atoms. The summed E-state index contributed by atoms with van der Waals surface area (Å²) >= 11 is 0. The van der Waals surface area contributed by atoms with Crippen molar-refractivity contribution in [1.29, 1.82) is 0 Å². The molecule has 0 aliphatic rings. The molecule has 0 aromatic heterocycles. The first-order valence-electron chi connectivity index (χ1n) is 6.03. The van der Waals surface area contributed by atoms with Crippen molar-refractivity contribution in [3.63, 3.8) is 0 Å². The molecule has 1 atom stereocenters. The Hall–Kier alpha value is -0.790. The van der Waals surface area contributed by atoms with Crippen LogP contribution in [0.5, 0.6) is 0 Å². The molecule has 0 aliphatic carbocycles. The Bertz CT molecular complexity index is 175. The van der Waals surface area contributed by atoms with Gasteiger partial charge in [0.15, 0.2) is 0 Å². The molecule has 0 radical (unpaired) electrons. The van der Waals surface area contributed by atoms with E-state index in [4.69, 9.17) is 4.74 Å². The third kappa shape index (κ3) is 8.22. The lowest BCUT2D eigenvalue weighted by molar-refractivity contribution is -0.138. The molecule has 2 nitrogen and oxygen atoms in total. The zero-order valence-electron chi connectivity index (χ0n) is 10.1. The van der Waals surface area contributed by atoms with Gasteiger partial charge in [0.25, 0.3) is 0 Å². The van der Waals surface area contributed by atoms with Gasteiger partial charge in [0.05, 0.1) is 6.61 Å². The summed E-state index contributed by atoms with van der Waals surface area (Å²) in [6.07, 6.45) is 8.45. The smallest absolute Gasteiger partial charge is 0.330 e. The Morgan fingerprint density at radius 2 is 2.00 bits per heavy atom. The maximum absolute atomic E-state index is 10.8. The van der Waals surface area contributed by atoms with Crippen LogP contribution in [0.15, 0.2) is 12.7 Å². The van der Waals surface area contributed by atoms with Crippen LogP contribution in [0.1, 0.15) is 52.4 Å². The topological polar surface area (TPSA) is 26.3 Å². The van der Waals surface area contributed by atoms with Gasteiger partial charge in [-0.3, -0.25) is 0 Å². The highest BCUT2D eigenvalue weighted by molar-refractivity contribution is 5.81. The quantitative estimate of drug-likeness (QED) is 0.430. The largest absolute Gasteiger partial charge is 0.463 e. The Kier molecular flexibility index (Phi) is 9.24. The van der Waals surface area contributed by atoms with Crippen molar-refractivity contribution in [1.82, 2.24) is 0 Å². The summed E-state index contributed by atoms with van der Waals surface area (Å²) < 4.78 is 4.99. The molecule has 88 valence electrons. The van der Waals surface area contributed by atoms with Crippen molar-refractivity contribution in [2.45, 2.75) is 52.4 Å². The molecule has 0 rings (SSSR count). The van der Waals surface area contributed by atoms with Crippen LogP contribution in [0.2, 0.25) is 0 Å². The van der Waals surface area contributed by atoms with Crippen LogP contribution in [0, 0.1) is 5.92 Å². The van der Waals surface area contributed by atoms with E-state index in [1.165, 1.54) is 38.2 Å². The maximum atomic E-state index is 10.8. The molecule has 2 heteroatoms. The molecule has 0 heterocycles. The number of carbonyl (C=O) groups excluding carboxylic acids is 1. The number of ether oxygens (including phenoxy) is 1. The molecule has 0 fully saturated rings. The highest BCUT2D eigenvalue weighted by atomic mass is 16.5. The minimum atomic E-state index is -0.305. The van der Waals surface area contributed by atoms with Crippen molar-refractivity contribution in [3.05, 3.63) is 12.7 Å². The average molecular weight is 212 g/mol. The normalized spacial score (nSPS) is 12.1. The van der Waals surface area contributed by atoms with Crippen LogP contribution >= 0.6 is 0 Å². The Morgan fingerprint density at radius 3 is 2.53 bits per heavy atom. The SMILES string of the molecule is C=CC(=O)OCCC(CCC)CCCC. The molecule has 15 heavy (non-hydrogen) atoms. The van der Waals surface area contributed by atoms with Crippen molar-refractivity contribution >= 4 is 5.97 Å². The zero-order chi connectivity index (χ0) is 11.5. The van der Waals surface area contributed by atoms with Gasteiger partial charge < -0.3 is 4.74 Å². The van der Waals surface area contributed by atoms with E-state index in [-0.39, 0.29) is 5.97 Å². The lowest BCUT2D eigenvalue weighted by Gasteiger charge is -2.15. The highest BCUT2D eigenvalue weighted by Crippen LogP contribution is 2.18. The summed E-state index contributed by atoms with van der Waals surface area (Å²) in [7, 11) is 0. The molecule has 0 amide bonds. The van der Waals surface area contributed by atoms with Gasteiger partial charge in [-0.1, -0.05) is 52.5 Å². The average Bonchev–Trinajstić information content (AvgIpc) is 2.25. The van der Waals surface area contributed by atoms with Crippen LogP contribution in [-0.4, -0.2) is 12.6 Å². The van der Waals surface area contributed by atoms with Crippen LogP contribution in [0.4, 0.5) is 0 Å². The van der Waals surface area contributed by atoms with Gasteiger partial charge in [0.1, 0.15) is 0 Å². The fraction of sp³-hybridized carbons (Fsp3) is 0.769. The molecular weight excluding hydrogens is 188 g/mol. The summed E-state index contributed by atoms with van der Waals surface area (Å²) in [6.45, 7) is 8.32. The molecular formula is C13H24O2. The van der Waals surface area contributed by atoms with Gasteiger partial charge in [-0.25, -0.2) is 4.79 Å². The number of hydrogen-bond acceptors (Lipinski definition) is 2. The van der Waals surface area contributed by atoms with Crippen LogP contribution in [-0.2, 0) is 9.53 Å². The maximum Gasteiger partial charge on any atom is 0.330 e. The van der Waals surface area contributed by atoms with E-state index in [1.54, 1.807) is 0 Å². The Balaban J connectivity index is 3.64. The number of carbonyl (C=O) groups is 1. The van der Waals surface area contributed by atoms with E-state index in [0.717, 1.165) is 6.42 Å². The van der Waals surface area contributed by atoms with Crippen LogP contribution in [0.3, 0.4) is 0 Å². The van der Waals surface area contributed by atoms with Crippen molar-refractivity contribution in [3.8, 4) is 0 Å². The summed E-state index contributed by atoms with van der Waals surface area (Å²) in [6, 6.07) is 0.